The van der Waals surface area contributed by atoms with Crippen LogP contribution in [0.2, 0.25) is 0 Å². The summed E-state index contributed by atoms with van der Waals surface area (Å²) in [5.74, 6) is 0.238. The number of hydrogen-bond acceptors (Lipinski definition) is 2. The fourth-order valence-corrected chi connectivity index (χ4v) is 2.26. The molecule has 0 saturated heterocycles. The SMILES string of the molecule is Cc1ccccc1NC(=S)NC(=O)c1ccc(C(C)C)cc1. The zero-order valence-electron chi connectivity index (χ0n) is 13.0. The smallest absolute Gasteiger partial charge is 0.257 e. The molecule has 3 nitrogen and oxygen atoms in total. The lowest BCUT2D eigenvalue weighted by Crippen LogP contribution is -2.34. The molecular weight excluding hydrogens is 292 g/mol. The molecule has 0 aromatic heterocycles. The Bertz CT molecular complexity index is 678. The van der Waals surface area contributed by atoms with E-state index in [1.807, 2.05) is 55.5 Å². The van der Waals surface area contributed by atoms with E-state index in [1.54, 1.807) is 0 Å². The molecule has 0 radical (unpaired) electrons. The van der Waals surface area contributed by atoms with Gasteiger partial charge in [-0.3, -0.25) is 10.1 Å². The van der Waals surface area contributed by atoms with Gasteiger partial charge in [0.1, 0.15) is 0 Å². The molecule has 0 aliphatic rings. The molecule has 0 fully saturated rings. The van der Waals surface area contributed by atoms with Crippen molar-refractivity contribution in [3.05, 3.63) is 65.2 Å². The van der Waals surface area contributed by atoms with Gasteiger partial charge in [0.05, 0.1) is 0 Å². The summed E-state index contributed by atoms with van der Waals surface area (Å²) in [4.78, 5) is 12.2. The zero-order chi connectivity index (χ0) is 16.1. The molecule has 1 amide bonds. The van der Waals surface area contributed by atoms with Gasteiger partial charge in [-0.2, -0.15) is 0 Å². The van der Waals surface area contributed by atoms with Gasteiger partial charge in [0.15, 0.2) is 5.11 Å². The summed E-state index contributed by atoms with van der Waals surface area (Å²) in [7, 11) is 0. The number of para-hydroxylation sites is 1. The van der Waals surface area contributed by atoms with Crippen molar-refractivity contribution in [2.24, 2.45) is 0 Å². The molecule has 0 aliphatic carbocycles. The Kier molecular flexibility index (Phi) is 5.28. The van der Waals surface area contributed by atoms with Crippen LogP contribution in [0, 0.1) is 6.92 Å². The summed E-state index contributed by atoms with van der Waals surface area (Å²) < 4.78 is 0. The van der Waals surface area contributed by atoms with Crippen molar-refractivity contribution in [3.63, 3.8) is 0 Å². The van der Waals surface area contributed by atoms with Gasteiger partial charge in [0.2, 0.25) is 0 Å². The predicted molar refractivity (Wildman–Crippen MR) is 95.4 cm³/mol. The second-order valence-electron chi connectivity index (χ2n) is 5.50. The van der Waals surface area contributed by atoms with E-state index in [1.165, 1.54) is 5.56 Å². The highest BCUT2D eigenvalue weighted by Gasteiger charge is 2.09. The van der Waals surface area contributed by atoms with Crippen LogP contribution >= 0.6 is 12.2 Å². The van der Waals surface area contributed by atoms with Gasteiger partial charge in [-0.25, -0.2) is 0 Å². The van der Waals surface area contributed by atoms with E-state index in [-0.39, 0.29) is 5.91 Å². The normalized spacial score (nSPS) is 10.4. The van der Waals surface area contributed by atoms with Gasteiger partial charge in [-0.15, -0.1) is 0 Å². The quantitative estimate of drug-likeness (QED) is 0.833. The van der Waals surface area contributed by atoms with Crippen LogP contribution in [0.5, 0.6) is 0 Å². The van der Waals surface area contributed by atoms with E-state index in [0.29, 0.717) is 16.6 Å². The molecule has 2 aromatic rings. The maximum Gasteiger partial charge on any atom is 0.257 e. The van der Waals surface area contributed by atoms with Crippen LogP contribution in [0.3, 0.4) is 0 Å². The second-order valence-corrected chi connectivity index (χ2v) is 5.91. The third-order valence-electron chi connectivity index (χ3n) is 3.46. The fourth-order valence-electron chi connectivity index (χ4n) is 2.06. The molecule has 0 heterocycles. The molecule has 0 aliphatic heterocycles. The summed E-state index contributed by atoms with van der Waals surface area (Å²) in [6.45, 7) is 6.23. The molecule has 0 unspecified atom stereocenters. The summed E-state index contributed by atoms with van der Waals surface area (Å²) in [6, 6.07) is 15.4. The van der Waals surface area contributed by atoms with E-state index in [0.717, 1.165) is 11.3 Å². The van der Waals surface area contributed by atoms with Crippen molar-refractivity contribution in [2.75, 3.05) is 5.32 Å². The third-order valence-corrected chi connectivity index (χ3v) is 3.66. The zero-order valence-corrected chi connectivity index (χ0v) is 13.8. The van der Waals surface area contributed by atoms with Gasteiger partial charge in [0.25, 0.3) is 5.91 Å². The van der Waals surface area contributed by atoms with Gasteiger partial charge in [0, 0.05) is 11.3 Å². The lowest BCUT2D eigenvalue weighted by atomic mass is 10.0. The fraction of sp³-hybridized carbons (Fsp3) is 0.222. The van der Waals surface area contributed by atoms with Crippen LogP contribution in [-0.2, 0) is 0 Å². The molecule has 0 spiro atoms. The molecule has 2 aromatic carbocycles. The minimum absolute atomic E-state index is 0.207. The maximum absolute atomic E-state index is 12.2. The van der Waals surface area contributed by atoms with Gasteiger partial charge in [-0.05, 0) is 54.4 Å². The van der Waals surface area contributed by atoms with Crippen LogP contribution < -0.4 is 10.6 Å². The molecular formula is C18H20N2OS. The highest BCUT2D eigenvalue weighted by Crippen LogP contribution is 2.15. The number of hydrogen-bond donors (Lipinski definition) is 2. The van der Waals surface area contributed by atoms with Crippen molar-refractivity contribution in [1.29, 1.82) is 0 Å². The molecule has 4 heteroatoms. The monoisotopic (exact) mass is 312 g/mol. The molecule has 2 N–H and O–H groups in total. The Balaban J connectivity index is 1.99. The van der Waals surface area contributed by atoms with Crippen LogP contribution in [0.1, 0.15) is 41.3 Å². The van der Waals surface area contributed by atoms with Crippen molar-refractivity contribution < 1.29 is 4.79 Å². The number of thiocarbonyl (C=S) groups is 1. The molecule has 0 atom stereocenters. The van der Waals surface area contributed by atoms with Crippen molar-refractivity contribution in [1.82, 2.24) is 5.32 Å². The Labute approximate surface area is 136 Å². The first-order chi connectivity index (χ1) is 10.5. The van der Waals surface area contributed by atoms with E-state index in [9.17, 15) is 4.79 Å². The third kappa shape index (κ3) is 4.15. The summed E-state index contributed by atoms with van der Waals surface area (Å²) in [5, 5.41) is 6.04. The number of rotatable bonds is 3. The maximum atomic E-state index is 12.2. The molecule has 114 valence electrons. The van der Waals surface area contributed by atoms with Crippen LogP contribution in [-0.4, -0.2) is 11.0 Å². The molecule has 22 heavy (non-hydrogen) atoms. The minimum atomic E-state index is -0.207. The standard InChI is InChI=1S/C18H20N2OS/c1-12(2)14-8-10-15(11-9-14)17(21)20-18(22)19-16-7-5-4-6-13(16)3/h4-12H,1-3H3,(H2,19,20,21,22). The predicted octanol–water partition coefficient (Wildman–Crippen LogP) is 4.25. The number of nitrogens with one attached hydrogen (secondary N) is 2. The summed E-state index contributed by atoms with van der Waals surface area (Å²) in [5.41, 5.74) is 3.76. The van der Waals surface area contributed by atoms with Crippen molar-refractivity contribution in [2.45, 2.75) is 26.7 Å². The van der Waals surface area contributed by atoms with Crippen molar-refractivity contribution >= 4 is 28.9 Å². The van der Waals surface area contributed by atoms with Gasteiger partial charge >= 0.3 is 0 Å². The lowest BCUT2D eigenvalue weighted by molar-refractivity contribution is 0.0977. The van der Waals surface area contributed by atoms with Crippen LogP contribution in [0.25, 0.3) is 0 Å². The van der Waals surface area contributed by atoms with Crippen LogP contribution in [0.15, 0.2) is 48.5 Å². The number of carbonyl (C=O) groups excluding carboxylic acids is 1. The number of amides is 1. The Morgan fingerprint density at radius 3 is 2.27 bits per heavy atom. The van der Waals surface area contributed by atoms with E-state index in [2.05, 4.69) is 24.5 Å². The Morgan fingerprint density at radius 2 is 1.68 bits per heavy atom. The molecule has 2 rings (SSSR count). The van der Waals surface area contributed by atoms with Gasteiger partial charge in [-0.1, -0.05) is 44.2 Å². The second kappa shape index (κ2) is 7.18. The first kappa shape index (κ1) is 16.2. The van der Waals surface area contributed by atoms with Crippen molar-refractivity contribution in [3.8, 4) is 0 Å². The Hall–Kier alpha value is -2.20. The molecule has 0 bridgehead atoms. The lowest BCUT2D eigenvalue weighted by Gasteiger charge is -2.12. The highest BCUT2D eigenvalue weighted by molar-refractivity contribution is 7.80. The first-order valence-corrected chi connectivity index (χ1v) is 7.66. The highest BCUT2D eigenvalue weighted by atomic mass is 32.1. The number of carbonyl (C=O) groups is 1. The average Bonchev–Trinajstić information content (AvgIpc) is 2.49. The number of benzene rings is 2. The van der Waals surface area contributed by atoms with Gasteiger partial charge < -0.3 is 5.32 Å². The largest absolute Gasteiger partial charge is 0.332 e. The Morgan fingerprint density at radius 1 is 1.05 bits per heavy atom. The first-order valence-electron chi connectivity index (χ1n) is 7.25. The van der Waals surface area contributed by atoms with E-state index >= 15 is 0 Å². The number of anilines is 1. The molecule has 0 saturated carbocycles. The topological polar surface area (TPSA) is 41.1 Å². The van der Waals surface area contributed by atoms with Crippen LogP contribution in [0.4, 0.5) is 5.69 Å². The minimum Gasteiger partial charge on any atom is -0.332 e. The average molecular weight is 312 g/mol. The number of aryl methyl sites for hydroxylation is 1. The summed E-state index contributed by atoms with van der Waals surface area (Å²) >= 11 is 5.20. The van der Waals surface area contributed by atoms with E-state index < -0.39 is 0 Å². The van der Waals surface area contributed by atoms with E-state index in [4.69, 9.17) is 12.2 Å². The summed E-state index contributed by atoms with van der Waals surface area (Å²) in [6.07, 6.45) is 0.